The third-order valence-electron chi connectivity index (χ3n) is 2.91. The molecule has 0 saturated carbocycles. The van der Waals surface area contributed by atoms with E-state index in [0.717, 1.165) is 32.2 Å². The number of β-amino-alcohol motifs (C(OH)–C–C–N with tert-alkyl or cyclic N) is 1. The minimum absolute atomic E-state index is 0.530. The summed E-state index contributed by atoms with van der Waals surface area (Å²) in [6, 6.07) is 0. The highest BCUT2D eigenvalue weighted by atomic mass is 16.3. The average Bonchev–Trinajstić information content (AvgIpc) is 2.11. The molecule has 1 aliphatic rings. The van der Waals surface area contributed by atoms with E-state index in [1.807, 2.05) is 0 Å². The molecule has 1 aliphatic heterocycles. The third kappa shape index (κ3) is 2.93. The van der Waals surface area contributed by atoms with E-state index in [2.05, 4.69) is 12.2 Å². The van der Waals surface area contributed by atoms with E-state index in [9.17, 15) is 10.2 Å². The van der Waals surface area contributed by atoms with Crippen LogP contribution in [0.25, 0.3) is 0 Å². The van der Waals surface area contributed by atoms with Crippen LogP contribution in [-0.2, 0) is 0 Å². The van der Waals surface area contributed by atoms with E-state index in [-0.39, 0.29) is 0 Å². The van der Waals surface area contributed by atoms with Gasteiger partial charge in [-0.15, -0.1) is 0 Å². The maximum absolute atomic E-state index is 10.1. The smallest absolute Gasteiger partial charge is 0.0951 e. The summed E-state index contributed by atoms with van der Waals surface area (Å²) in [5.74, 6) is 0. The summed E-state index contributed by atoms with van der Waals surface area (Å²) in [6.07, 6.45) is 4.15. The average molecular weight is 187 g/mol. The minimum Gasteiger partial charge on any atom is -0.389 e. The standard InChI is InChI=1S/C10H21NO2/c1-2-3-4-5-10(13)6-7-11-8-9(10)12/h9,11-13H,2-8H2,1H3. The Morgan fingerprint density at radius 3 is 2.85 bits per heavy atom. The molecule has 0 aromatic heterocycles. The van der Waals surface area contributed by atoms with Gasteiger partial charge in [0.05, 0.1) is 11.7 Å². The molecule has 0 aromatic carbocycles. The Bertz CT molecular complexity index is 152. The monoisotopic (exact) mass is 187 g/mol. The summed E-state index contributed by atoms with van der Waals surface area (Å²) in [4.78, 5) is 0. The van der Waals surface area contributed by atoms with E-state index < -0.39 is 11.7 Å². The van der Waals surface area contributed by atoms with Crippen molar-refractivity contribution in [3.05, 3.63) is 0 Å². The van der Waals surface area contributed by atoms with Gasteiger partial charge in [-0.25, -0.2) is 0 Å². The van der Waals surface area contributed by atoms with Gasteiger partial charge in [-0.1, -0.05) is 26.2 Å². The van der Waals surface area contributed by atoms with Crippen molar-refractivity contribution in [3.8, 4) is 0 Å². The molecule has 0 bridgehead atoms. The summed E-state index contributed by atoms with van der Waals surface area (Å²) < 4.78 is 0. The van der Waals surface area contributed by atoms with E-state index in [1.165, 1.54) is 0 Å². The number of unbranched alkanes of at least 4 members (excludes halogenated alkanes) is 2. The van der Waals surface area contributed by atoms with Crippen LogP contribution in [0, 0.1) is 0 Å². The Morgan fingerprint density at radius 1 is 1.46 bits per heavy atom. The number of aliphatic hydroxyl groups excluding tert-OH is 1. The molecule has 13 heavy (non-hydrogen) atoms. The zero-order valence-corrected chi connectivity index (χ0v) is 8.42. The number of hydrogen-bond donors (Lipinski definition) is 3. The predicted molar refractivity (Wildman–Crippen MR) is 52.6 cm³/mol. The second-order valence-corrected chi connectivity index (χ2v) is 4.03. The first-order valence-electron chi connectivity index (χ1n) is 5.30. The lowest BCUT2D eigenvalue weighted by atomic mass is 9.85. The SMILES string of the molecule is CCCCCC1(O)CCNCC1O. The fourth-order valence-corrected chi connectivity index (χ4v) is 1.87. The Balaban J connectivity index is 2.33. The van der Waals surface area contributed by atoms with Crippen LogP contribution in [0.1, 0.15) is 39.0 Å². The normalized spacial score (nSPS) is 34.8. The summed E-state index contributed by atoms with van der Waals surface area (Å²) in [5.41, 5.74) is -0.819. The molecule has 1 fully saturated rings. The van der Waals surface area contributed by atoms with Crippen molar-refractivity contribution in [1.82, 2.24) is 5.32 Å². The number of piperidine rings is 1. The molecule has 1 rings (SSSR count). The van der Waals surface area contributed by atoms with Crippen LogP contribution in [-0.4, -0.2) is 35.0 Å². The highest BCUT2D eigenvalue weighted by Gasteiger charge is 2.36. The summed E-state index contributed by atoms with van der Waals surface area (Å²) in [7, 11) is 0. The van der Waals surface area contributed by atoms with Gasteiger partial charge in [0.1, 0.15) is 0 Å². The summed E-state index contributed by atoms with van der Waals surface area (Å²) >= 11 is 0. The van der Waals surface area contributed by atoms with Crippen molar-refractivity contribution >= 4 is 0 Å². The van der Waals surface area contributed by atoms with Crippen LogP contribution in [0.3, 0.4) is 0 Å². The fourth-order valence-electron chi connectivity index (χ4n) is 1.87. The molecule has 1 heterocycles. The van der Waals surface area contributed by atoms with Gasteiger partial charge >= 0.3 is 0 Å². The highest BCUT2D eigenvalue weighted by Crippen LogP contribution is 2.25. The van der Waals surface area contributed by atoms with Crippen molar-refractivity contribution in [1.29, 1.82) is 0 Å². The molecule has 0 spiro atoms. The Kier molecular flexibility index (Phi) is 4.16. The zero-order valence-electron chi connectivity index (χ0n) is 8.42. The molecule has 3 heteroatoms. The first-order chi connectivity index (χ1) is 6.19. The second-order valence-electron chi connectivity index (χ2n) is 4.03. The van der Waals surface area contributed by atoms with E-state index in [4.69, 9.17) is 0 Å². The minimum atomic E-state index is -0.819. The summed E-state index contributed by atoms with van der Waals surface area (Å²) in [6.45, 7) is 3.49. The maximum atomic E-state index is 10.1. The molecule has 2 unspecified atom stereocenters. The van der Waals surface area contributed by atoms with Crippen LogP contribution in [0.2, 0.25) is 0 Å². The third-order valence-corrected chi connectivity index (χ3v) is 2.91. The molecule has 2 atom stereocenters. The lowest BCUT2D eigenvalue weighted by molar-refractivity contribution is -0.0977. The molecule has 3 nitrogen and oxygen atoms in total. The maximum Gasteiger partial charge on any atom is 0.0951 e. The lowest BCUT2D eigenvalue weighted by Crippen LogP contribution is -2.53. The molecule has 0 aliphatic carbocycles. The topological polar surface area (TPSA) is 52.5 Å². The van der Waals surface area contributed by atoms with Gasteiger partial charge in [0.25, 0.3) is 0 Å². The van der Waals surface area contributed by atoms with Gasteiger partial charge in [0.2, 0.25) is 0 Å². The van der Waals surface area contributed by atoms with Gasteiger partial charge in [0, 0.05) is 6.54 Å². The molecule has 3 N–H and O–H groups in total. The largest absolute Gasteiger partial charge is 0.389 e. The fraction of sp³-hybridized carbons (Fsp3) is 1.00. The lowest BCUT2D eigenvalue weighted by Gasteiger charge is -2.37. The molecule has 0 amide bonds. The molecule has 0 aromatic rings. The second kappa shape index (κ2) is 4.94. The van der Waals surface area contributed by atoms with Crippen LogP contribution in [0.4, 0.5) is 0 Å². The number of rotatable bonds is 4. The number of hydrogen-bond acceptors (Lipinski definition) is 3. The first-order valence-corrected chi connectivity index (χ1v) is 5.30. The Hall–Kier alpha value is -0.120. The number of nitrogens with one attached hydrogen (secondary N) is 1. The van der Waals surface area contributed by atoms with Crippen LogP contribution in [0.5, 0.6) is 0 Å². The van der Waals surface area contributed by atoms with E-state index >= 15 is 0 Å². The van der Waals surface area contributed by atoms with Crippen molar-refractivity contribution in [2.75, 3.05) is 13.1 Å². The van der Waals surface area contributed by atoms with Gasteiger partial charge in [-0.2, -0.15) is 0 Å². The van der Waals surface area contributed by atoms with Crippen LogP contribution >= 0.6 is 0 Å². The van der Waals surface area contributed by atoms with Gasteiger partial charge in [-0.05, 0) is 19.4 Å². The van der Waals surface area contributed by atoms with E-state index in [1.54, 1.807) is 0 Å². The Morgan fingerprint density at radius 2 is 2.23 bits per heavy atom. The Labute approximate surface area is 80.2 Å². The predicted octanol–water partition coefficient (Wildman–Crippen LogP) is 0.652. The van der Waals surface area contributed by atoms with Gasteiger partial charge < -0.3 is 15.5 Å². The summed E-state index contributed by atoms with van der Waals surface area (Å²) in [5, 5.41) is 22.8. The van der Waals surface area contributed by atoms with Crippen molar-refractivity contribution in [2.45, 2.75) is 50.7 Å². The molecule has 1 saturated heterocycles. The first kappa shape index (κ1) is 11.0. The van der Waals surface area contributed by atoms with Gasteiger partial charge in [0.15, 0.2) is 0 Å². The van der Waals surface area contributed by atoms with Gasteiger partial charge in [-0.3, -0.25) is 0 Å². The van der Waals surface area contributed by atoms with Crippen molar-refractivity contribution < 1.29 is 10.2 Å². The highest BCUT2D eigenvalue weighted by molar-refractivity contribution is 4.91. The zero-order chi connectivity index (χ0) is 9.73. The van der Waals surface area contributed by atoms with Crippen LogP contribution < -0.4 is 5.32 Å². The molecule has 78 valence electrons. The van der Waals surface area contributed by atoms with Crippen molar-refractivity contribution in [3.63, 3.8) is 0 Å². The van der Waals surface area contributed by atoms with Crippen molar-refractivity contribution in [2.24, 2.45) is 0 Å². The number of aliphatic hydroxyl groups is 2. The quantitative estimate of drug-likeness (QED) is 0.566. The molecular formula is C10H21NO2. The molecule has 0 radical (unpaired) electrons. The molecular weight excluding hydrogens is 166 g/mol. The van der Waals surface area contributed by atoms with Crippen LogP contribution in [0.15, 0.2) is 0 Å². The van der Waals surface area contributed by atoms with E-state index in [0.29, 0.717) is 13.0 Å².